The molecule has 1 aromatic carbocycles. The van der Waals surface area contributed by atoms with Crippen molar-refractivity contribution in [2.24, 2.45) is 0 Å². The van der Waals surface area contributed by atoms with E-state index in [1.165, 1.54) is 39.4 Å². The summed E-state index contributed by atoms with van der Waals surface area (Å²) in [5.41, 5.74) is 0.0231. The van der Waals surface area contributed by atoms with Gasteiger partial charge < -0.3 is 9.47 Å². The highest BCUT2D eigenvalue weighted by molar-refractivity contribution is 5.60. The van der Waals surface area contributed by atoms with Crippen molar-refractivity contribution in [3.8, 4) is 11.5 Å². The van der Waals surface area contributed by atoms with Gasteiger partial charge in [0.1, 0.15) is 11.5 Å². The second kappa shape index (κ2) is 6.47. The SMILES string of the molecule is COc1cc(C=C(C)[N+](=O)[O-])cc(OC)c1CC(F)(F)F. The van der Waals surface area contributed by atoms with Crippen molar-refractivity contribution in [3.05, 3.63) is 39.1 Å². The topological polar surface area (TPSA) is 61.6 Å². The van der Waals surface area contributed by atoms with Crippen LogP contribution in [0.2, 0.25) is 0 Å². The lowest BCUT2D eigenvalue weighted by Crippen LogP contribution is -2.13. The number of nitrogens with zero attached hydrogens (tertiary/aromatic N) is 1. The summed E-state index contributed by atoms with van der Waals surface area (Å²) in [5, 5.41) is 10.6. The summed E-state index contributed by atoms with van der Waals surface area (Å²) < 4.78 is 47.6. The molecule has 0 amide bonds. The minimum absolute atomic E-state index is 0.0333. The van der Waals surface area contributed by atoms with E-state index in [4.69, 9.17) is 9.47 Å². The molecule has 5 nitrogen and oxygen atoms in total. The molecule has 0 N–H and O–H groups in total. The number of benzene rings is 1. The van der Waals surface area contributed by atoms with Crippen LogP contribution in [0.5, 0.6) is 11.5 Å². The normalized spacial score (nSPS) is 12.2. The molecule has 8 heteroatoms. The Morgan fingerprint density at radius 3 is 2.10 bits per heavy atom. The average Bonchev–Trinajstić information content (AvgIpc) is 2.38. The Morgan fingerprint density at radius 2 is 1.76 bits per heavy atom. The minimum Gasteiger partial charge on any atom is -0.496 e. The first-order valence-electron chi connectivity index (χ1n) is 5.82. The monoisotopic (exact) mass is 305 g/mol. The summed E-state index contributed by atoms with van der Waals surface area (Å²) >= 11 is 0. The maximum Gasteiger partial charge on any atom is 0.393 e. The Kier molecular flexibility index (Phi) is 5.17. The first-order valence-corrected chi connectivity index (χ1v) is 5.82. The number of rotatable bonds is 5. The molecule has 0 bridgehead atoms. The van der Waals surface area contributed by atoms with Crippen molar-refractivity contribution in [2.75, 3.05) is 14.2 Å². The highest BCUT2D eigenvalue weighted by Gasteiger charge is 2.31. The molecular formula is C13H14F3NO4. The van der Waals surface area contributed by atoms with Crippen molar-refractivity contribution in [1.29, 1.82) is 0 Å². The molecule has 0 aliphatic carbocycles. The zero-order valence-corrected chi connectivity index (χ0v) is 11.7. The van der Waals surface area contributed by atoms with Crippen LogP contribution in [0.4, 0.5) is 13.2 Å². The van der Waals surface area contributed by atoms with Crippen LogP contribution in [0.3, 0.4) is 0 Å². The molecular weight excluding hydrogens is 291 g/mol. The van der Waals surface area contributed by atoms with Crippen molar-refractivity contribution in [2.45, 2.75) is 19.5 Å². The van der Waals surface area contributed by atoms with Gasteiger partial charge in [-0.25, -0.2) is 0 Å². The van der Waals surface area contributed by atoms with E-state index in [2.05, 4.69) is 0 Å². The Hall–Kier alpha value is -2.25. The Bertz CT molecular complexity index is 542. The molecule has 1 rings (SSSR count). The van der Waals surface area contributed by atoms with Gasteiger partial charge in [0.2, 0.25) is 5.70 Å². The van der Waals surface area contributed by atoms with Crippen LogP contribution < -0.4 is 9.47 Å². The van der Waals surface area contributed by atoms with Gasteiger partial charge in [0.05, 0.1) is 25.6 Å². The summed E-state index contributed by atoms with van der Waals surface area (Å²) in [6.07, 6.45) is -4.41. The molecule has 0 radical (unpaired) electrons. The van der Waals surface area contributed by atoms with E-state index < -0.39 is 17.5 Å². The Morgan fingerprint density at radius 1 is 1.29 bits per heavy atom. The van der Waals surface area contributed by atoms with Crippen LogP contribution in [-0.4, -0.2) is 25.3 Å². The van der Waals surface area contributed by atoms with Crippen LogP contribution in [0.25, 0.3) is 6.08 Å². The van der Waals surface area contributed by atoms with Gasteiger partial charge in [-0.1, -0.05) is 0 Å². The van der Waals surface area contributed by atoms with Gasteiger partial charge in [-0.2, -0.15) is 13.2 Å². The van der Waals surface area contributed by atoms with E-state index in [0.717, 1.165) is 0 Å². The Labute approximate surface area is 119 Å². The number of nitro groups is 1. The molecule has 0 atom stereocenters. The molecule has 0 heterocycles. The smallest absolute Gasteiger partial charge is 0.393 e. The summed E-state index contributed by atoms with van der Waals surface area (Å²) in [6, 6.07) is 2.60. The van der Waals surface area contributed by atoms with Crippen LogP contribution in [-0.2, 0) is 6.42 Å². The molecule has 0 fully saturated rings. The Balaban J connectivity index is 3.36. The minimum atomic E-state index is -4.42. The van der Waals surface area contributed by atoms with Gasteiger partial charge in [-0.15, -0.1) is 0 Å². The molecule has 0 spiro atoms. The lowest BCUT2D eigenvalue weighted by molar-refractivity contribution is -0.422. The van der Waals surface area contributed by atoms with E-state index in [1.807, 2.05) is 0 Å². The van der Waals surface area contributed by atoms with Crippen LogP contribution >= 0.6 is 0 Å². The second-order valence-electron chi connectivity index (χ2n) is 4.24. The average molecular weight is 305 g/mol. The van der Waals surface area contributed by atoms with E-state index >= 15 is 0 Å². The van der Waals surface area contributed by atoms with E-state index in [1.54, 1.807) is 0 Å². The molecule has 0 aliphatic heterocycles. The largest absolute Gasteiger partial charge is 0.496 e. The number of hydrogen-bond donors (Lipinski definition) is 0. The van der Waals surface area contributed by atoms with Gasteiger partial charge >= 0.3 is 6.18 Å². The third kappa shape index (κ3) is 4.66. The number of halogens is 3. The maximum absolute atomic E-state index is 12.6. The zero-order valence-electron chi connectivity index (χ0n) is 11.7. The third-order valence-electron chi connectivity index (χ3n) is 2.67. The van der Waals surface area contributed by atoms with Crippen molar-refractivity contribution in [1.82, 2.24) is 0 Å². The van der Waals surface area contributed by atoms with Crippen LogP contribution in [0.15, 0.2) is 17.8 Å². The zero-order chi connectivity index (χ0) is 16.2. The fraction of sp³-hybridized carbons (Fsp3) is 0.385. The number of methoxy groups -OCH3 is 2. The van der Waals surface area contributed by atoms with Crippen LogP contribution in [0.1, 0.15) is 18.1 Å². The predicted molar refractivity (Wildman–Crippen MR) is 70.0 cm³/mol. The third-order valence-corrected chi connectivity index (χ3v) is 2.67. The van der Waals surface area contributed by atoms with Crippen molar-refractivity contribution < 1.29 is 27.6 Å². The second-order valence-corrected chi connectivity index (χ2v) is 4.24. The molecule has 0 saturated carbocycles. The van der Waals surface area contributed by atoms with Gasteiger partial charge in [-0.3, -0.25) is 10.1 Å². The molecule has 0 aliphatic rings. The summed E-state index contributed by atoms with van der Waals surface area (Å²) in [4.78, 5) is 10.00. The molecule has 116 valence electrons. The number of allylic oxidation sites excluding steroid dienone is 1. The predicted octanol–water partition coefficient (Wildman–Crippen LogP) is 3.45. The quantitative estimate of drug-likeness (QED) is 0.617. The number of ether oxygens (including phenoxy) is 2. The van der Waals surface area contributed by atoms with E-state index in [0.29, 0.717) is 5.56 Å². The maximum atomic E-state index is 12.6. The summed E-state index contributed by atoms with van der Waals surface area (Å²) in [7, 11) is 2.45. The van der Waals surface area contributed by atoms with E-state index in [-0.39, 0.29) is 22.8 Å². The van der Waals surface area contributed by atoms with Gasteiger partial charge in [0, 0.05) is 18.6 Å². The van der Waals surface area contributed by atoms with Gasteiger partial charge in [0.25, 0.3) is 0 Å². The molecule has 0 saturated heterocycles. The van der Waals surface area contributed by atoms with Gasteiger partial charge in [-0.05, 0) is 17.7 Å². The molecule has 0 unspecified atom stereocenters. The molecule has 0 aromatic heterocycles. The first-order chi connectivity index (χ1) is 9.67. The van der Waals surface area contributed by atoms with Crippen LogP contribution in [0, 0.1) is 10.1 Å². The fourth-order valence-corrected chi connectivity index (χ4v) is 1.76. The van der Waals surface area contributed by atoms with Crippen molar-refractivity contribution >= 4 is 6.08 Å². The lowest BCUT2D eigenvalue weighted by atomic mass is 10.0. The molecule has 1 aromatic rings. The van der Waals surface area contributed by atoms with E-state index in [9.17, 15) is 23.3 Å². The first kappa shape index (κ1) is 16.8. The summed E-state index contributed by atoms with van der Waals surface area (Å²) in [6.45, 7) is 1.28. The molecule has 21 heavy (non-hydrogen) atoms. The van der Waals surface area contributed by atoms with Crippen molar-refractivity contribution in [3.63, 3.8) is 0 Å². The van der Waals surface area contributed by atoms with Gasteiger partial charge in [0.15, 0.2) is 0 Å². The summed E-state index contributed by atoms with van der Waals surface area (Å²) in [5.74, 6) is -0.0665. The number of hydrogen-bond acceptors (Lipinski definition) is 4. The number of alkyl halides is 3. The lowest BCUT2D eigenvalue weighted by Gasteiger charge is -2.15. The standard InChI is InChI=1S/C13H14F3NO4/c1-8(17(18)19)4-9-5-11(20-2)10(7-13(14,15)16)12(6-9)21-3/h4-6H,7H2,1-3H3. The fourth-order valence-electron chi connectivity index (χ4n) is 1.76. The highest BCUT2D eigenvalue weighted by atomic mass is 19.4. The highest BCUT2D eigenvalue weighted by Crippen LogP contribution is 2.36.